The van der Waals surface area contributed by atoms with Crippen LogP contribution in [0.3, 0.4) is 0 Å². The standard InChI is InChI=1S/C19H41N2O6PSi2/c1-18(2,3)29(9,10)26-14-15(27-30(11,12)19(4,5)6)13-16(22)17(21-20)28(23,24-7)25-8/h15H,13-14H2,1-12H3/t15-/m0/s1. The molecule has 0 aromatic heterocycles. The minimum Gasteiger partial charge on any atom is -0.414 e. The van der Waals surface area contributed by atoms with Gasteiger partial charge in [0.05, 0.1) is 12.7 Å². The molecule has 0 aliphatic carbocycles. The Hall–Kier alpha value is -0.446. The Bertz CT molecular complexity index is 699. The van der Waals surface area contributed by atoms with Crippen LogP contribution in [0.5, 0.6) is 0 Å². The van der Waals surface area contributed by atoms with Crippen LogP contribution in [0.1, 0.15) is 48.0 Å². The number of Topliss-reactive ketones (excluding diaryl/α,β-unsaturated/α-hetero) is 1. The summed E-state index contributed by atoms with van der Waals surface area (Å²) >= 11 is 0. The average Bonchev–Trinajstić information content (AvgIpc) is 2.57. The van der Waals surface area contributed by atoms with E-state index in [1.165, 1.54) is 0 Å². The Kier molecular flexibility index (Phi) is 10.3. The molecule has 0 aromatic carbocycles. The number of carbonyl (C=O) groups is 1. The highest BCUT2D eigenvalue weighted by Gasteiger charge is 2.47. The van der Waals surface area contributed by atoms with Crippen molar-refractivity contribution < 1.29 is 32.0 Å². The molecule has 0 aromatic rings. The molecule has 0 bridgehead atoms. The van der Waals surface area contributed by atoms with Crippen molar-refractivity contribution in [3.8, 4) is 0 Å². The predicted molar refractivity (Wildman–Crippen MR) is 125 cm³/mol. The topological polar surface area (TPSA) is 107 Å². The predicted octanol–water partition coefficient (Wildman–Crippen LogP) is 5.47. The van der Waals surface area contributed by atoms with Crippen molar-refractivity contribution in [2.75, 3.05) is 20.8 Å². The largest absolute Gasteiger partial charge is 0.446 e. The fraction of sp³-hybridized carbons (Fsp3) is 0.895. The Morgan fingerprint density at radius 2 is 1.40 bits per heavy atom. The van der Waals surface area contributed by atoms with Crippen LogP contribution in [-0.2, 0) is 27.3 Å². The van der Waals surface area contributed by atoms with Gasteiger partial charge in [0.25, 0.3) is 5.78 Å². The van der Waals surface area contributed by atoms with Gasteiger partial charge < -0.3 is 23.4 Å². The molecule has 0 saturated carbocycles. The maximum atomic E-state index is 12.9. The molecule has 0 aliphatic heterocycles. The highest BCUT2D eigenvalue weighted by Crippen LogP contribution is 2.48. The van der Waals surface area contributed by atoms with E-state index in [1.54, 1.807) is 0 Å². The maximum Gasteiger partial charge on any atom is 0.446 e. The lowest BCUT2D eigenvalue weighted by molar-refractivity contribution is -0.118. The fourth-order valence-corrected chi connectivity index (χ4v) is 5.43. The van der Waals surface area contributed by atoms with Gasteiger partial charge in [0, 0.05) is 20.6 Å². The summed E-state index contributed by atoms with van der Waals surface area (Å²) in [6, 6.07) is 0. The Morgan fingerprint density at radius 1 is 0.967 bits per heavy atom. The summed E-state index contributed by atoms with van der Waals surface area (Å²) in [7, 11) is -6.05. The molecule has 30 heavy (non-hydrogen) atoms. The lowest BCUT2D eigenvalue weighted by atomic mass is 10.2. The molecule has 0 fully saturated rings. The van der Waals surface area contributed by atoms with Gasteiger partial charge in [0.1, 0.15) is 0 Å². The van der Waals surface area contributed by atoms with E-state index in [1.807, 2.05) is 0 Å². The van der Waals surface area contributed by atoms with E-state index in [2.05, 4.69) is 72.5 Å². The van der Waals surface area contributed by atoms with Gasteiger partial charge in [-0.15, -0.1) is 0 Å². The van der Waals surface area contributed by atoms with Crippen LogP contribution < -0.4 is 0 Å². The van der Waals surface area contributed by atoms with Crippen molar-refractivity contribution in [3.63, 3.8) is 0 Å². The summed E-state index contributed by atoms with van der Waals surface area (Å²) in [5, 5.41) is -0.0778. The fourth-order valence-electron chi connectivity index (χ4n) is 2.05. The van der Waals surface area contributed by atoms with Gasteiger partial charge in [-0.05, 0) is 36.3 Å². The van der Waals surface area contributed by atoms with Gasteiger partial charge >= 0.3 is 13.0 Å². The Balaban J connectivity index is 5.83. The average molecular weight is 481 g/mol. The molecular formula is C19H41N2O6PSi2. The first-order valence-electron chi connectivity index (χ1n) is 10.1. The molecule has 11 heteroatoms. The third kappa shape index (κ3) is 7.60. The molecule has 0 spiro atoms. The first-order chi connectivity index (χ1) is 13.3. The van der Waals surface area contributed by atoms with Gasteiger partial charge in [0.15, 0.2) is 16.6 Å². The quantitative estimate of drug-likeness (QED) is 0.127. The summed E-state index contributed by atoms with van der Waals surface area (Å²) < 4.78 is 35.0. The molecule has 0 saturated heterocycles. The van der Waals surface area contributed by atoms with Crippen LogP contribution >= 0.6 is 7.60 Å². The van der Waals surface area contributed by atoms with Crippen LogP contribution in [0.25, 0.3) is 5.53 Å². The molecule has 8 nitrogen and oxygen atoms in total. The second kappa shape index (κ2) is 10.4. The molecule has 0 amide bonds. The summed E-state index contributed by atoms with van der Waals surface area (Å²) in [6.45, 7) is 21.4. The number of rotatable bonds is 11. The van der Waals surface area contributed by atoms with Gasteiger partial charge in [-0.3, -0.25) is 4.79 Å². The third-order valence-corrected chi connectivity index (χ3v) is 17.1. The van der Waals surface area contributed by atoms with E-state index in [0.29, 0.717) is 0 Å². The molecule has 0 heterocycles. The van der Waals surface area contributed by atoms with Gasteiger partial charge in [-0.2, -0.15) is 4.79 Å². The second-order valence-corrected chi connectivity index (χ2v) is 22.2. The van der Waals surface area contributed by atoms with Crippen LogP contribution in [0.15, 0.2) is 0 Å². The molecule has 1 atom stereocenters. The first-order valence-corrected chi connectivity index (χ1v) is 17.4. The van der Waals surface area contributed by atoms with Crippen LogP contribution in [-0.4, -0.2) is 59.6 Å². The minimum absolute atomic E-state index is 0.00193. The van der Waals surface area contributed by atoms with Crippen LogP contribution in [0.2, 0.25) is 36.3 Å². The highest BCUT2D eigenvalue weighted by atomic mass is 31.2. The number of carbonyl (C=O) groups excluding carboxylic acids is 1. The van der Waals surface area contributed by atoms with Crippen molar-refractivity contribution >= 4 is 35.5 Å². The van der Waals surface area contributed by atoms with E-state index in [0.717, 1.165) is 14.2 Å². The molecule has 176 valence electrons. The smallest absolute Gasteiger partial charge is 0.414 e. The third-order valence-electron chi connectivity index (χ3n) is 6.20. The zero-order chi connectivity index (χ0) is 24.2. The molecule has 0 unspecified atom stereocenters. The van der Waals surface area contributed by atoms with Crippen LogP contribution in [0.4, 0.5) is 0 Å². The van der Waals surface area contributed by atoms with E-state index in [4.69, 9.17) is 17.9 Å². The van der Waals surface area contributed by atoms with Crippen molar-refractivity contribution in [3.05, 3.63) is 5.53 Å². The van der Waals surface area contributed by atoms with Gasteiger partial charge in [-0.1, -0.05) is 41.5 Å². The van der Waals surface area contributed by atoms with E-state index < -0.39 is 41.6 Å². The Labute approximate surface area is 184 Å². The van der Waals surface area contributed by atoms with Crippen molar-refractivity contribution in [2.24, 2.45) is 0 Å². The summed E-state index contributed by atoms with van der Waals surface area (Å²) in [5.41, 5.74) is 8.68. The molecule has 0 radical (unpaired) electrons. The van der Waals surface area contributed by atoms with E-state index >= 15 is 0 Å². The summed E-state index contributed by atoms with van der Waals surface area (Å²) in [4.78, 5) is 15.8. The van der Waals surface area contributed by atoms with Crippen molar-refractivity contribution in [2.45, 2.75) is 90.3 Å². The lowest BCUT2D eigenvalue weighted by Gasteiger charge is -2.41. The molecular weight excluding hydrogens is 439 g/mol. The maximum absolute atomic E-state index is 12.9. The lowest BCUT2D eigenvalue weighted by Crippen LogP contribution is -2.48. The molecule has 0 N–H and O–H groups in total. The van der Waals surface area contributed by atoms with Gasteiger partial charge in [0.2, 0.25) is 0 Å². The number of hydrogen-bond donors (Lipinski definition) is 0. The first kappa shape index (κ1) is 29.6. The zero-order valence-corrected chi connectivity index (χ0v) is 23.7. The SMILES string of the molecule is COP(=O)(OC)C(=[N+]=[N-])C(=O)C[C@@H](CO[Si](C)(C)C(C)(C)C)O[Si](C)(C)C(C)(C)C. The highest BCUT2D eigenvalue weighted by molar-refractivity contribution is 7.74. The van der Waals surface area contributed by atoms with E-state index in [-0.39, 0.29) is 23.1 Å². The monoisotopic (exact) mass is 480 g/mol. The Morgan fingerprint density at radius 3 is 1.73 bits per heavy atom. The van der Waals surface area contributed by atoms with E-state index in [9.17, 15) is 14.9 Å². The normalized spacial score (nSPS) is 14.9. The number of nitrogens with zero attached hydrogens (tertiary/aromatic N) is 2. The minimum atomic E-state index is -3.99. The number of ketones is 1. The second-order valence-electron chi connectivity index (χ2n) is 10.5. The van der Waals surface area contributed by atoms with Crippen LogP contribution in [0, 0.1) is 0 Å². The van der Waals surface area contributed by atoms with Gasteiger partial charge in [-0.25, -0.2) is 4.57 Å². The molecule has 0 aliphatic rings. The number of hydrogen-bond acceptors (Lipinski definition) is 6. The van der Waals surface area contributed by atoms with Crippen molar-refractivity contribution in [1.82, 2.24) is 0 Å². The molecule has 0 rings (SSSR count). The summed E-state index contributed by atoms with van der Waals surface area (Å²) in [5.74, 6) is -0.660. The van der Waals surface area contributed by atoms with Crippen molar-refractivity contribution in [1.29, 1.82) is 0 Å². The zero-order valence-electron chi connectivity index (χ0n) is 20.8. The summed E-state index contributed by atoms with van der Waals surface area (Å²) in [6.07, 6.45) is -0.733.